The fourth-order valence-electron chi connectivity index (χ4n) is 4.23. The van der Waals surface area contributed by atoms with E-state index in [0.29, 0.717) is 0 Å². The molecule has 3 aliphatic rings. The van der Waals surface area contributed by atoms with Gasteiger partial charge in [0.05, 0.1) is 6.10 Å². The van der Waals surface area contributed by atoms with Crippen LogP contribution >= 0.6 is 0 Å². The third kappa shape index (κ3) is 2.68. The summed E-state index contributed by atoms with van der Waals surface area (Å²) in [4.78, 5) is 29.4. The van der Waals surface area contributed by atoms with Gasteiger partial charge < -0.3 is 14.4 Å². The first kappa shape index (κ1) is 17.5. The molecule has 0 aromatic carbocycles. The molecular formula is C18H30N2O4. The van der Waals surface area contributed by atoms with Gasteiger partial charge in [-0.2, -0.15) is 0 Å². The van der Waals surface area contributed by atoms with Crippen LogP contribution in [0.5, 0.6) is 0 Å². The molecule has 1 saturated carbocycles. The van der Waals surface area contributed by atoms with E-state index in [1.807, 2.05) is 46.4 Å². The number of hydrogen-bond donors (Lipinski definition) is 0. The highest BCUT2D eigenvalue weighted by atomic mass is 16.6. The summed E-state index contributed by atoms with van der Waals surface area (Å²) in [6, 6.07) is -0.618. The average molecular weight is 338 g/mol. The SMILES string of the molecule is C[C@H]1OC(C)(C)N(C(=O)OC(C)(C)C)[C@H]1C(=O)N1CCC12CCC2. The van der Waals surface area contributed by atoms with E-state index >= 15 is 0 Å². The number of ether oxygens (including phenoxy) is 2. The Morgan fingerprint density at radius 3 is 2.21 bits per heavy atom. The van der Waals surface area contributed by atoms with Crippen molar-refractivity contribution in [1.82, 2.24) is 9.80 Å². The lowest BCUT2D eigenvalue weighted by Crippen LogP contribution is -2.69. The maximum Gasteiger partial charge on any atom is 0.413 e. The van der Waals surface area contributed by atoms with Gasteiger partial charge in [0, 0.05) is 12.1 Å². The second kappa shape index (κ2) is 5.35. The number of carbonyl (C=O) groups excluding carboxylic acids is 2. The minimum Gasteiger partial charge on any atom is -0.444 e. The van der Waals surface area contributed by atoms with E-state index in [2.05, 4.69) is 0 Å². The van der Waals surface area contributed by atoms with Crippen molar-refractivity contribution in [3.05, 3.63) is 0 Å². The van der Waals surface area contributed by atoms with Gasteiger partial charge in [-0.05, 0) is 67.2 Å². The second-order valence-electron chi connectivity index (χ2n) is 8.88. The smallest absolute Gasteiger partial charge is 0.413 e. The van der Waals surface area contributed by atoms with Crippen LogP contribution in [0.25, 0.3) is 0 Å². The van der Waals surface area contributed by atoms with Gasteiger partial charge in [0.2, 0.25) is 5.91 Å². The maximum atomic E-state index is 13.2. The molecule has 2 atom stereocenters. The molecule has 2 heterocycles. The van der Waals surface area contributed by atoms with Crippen LogP contribution in [-0.2, 0) is 14.3 Å². The molecule has 1 spiro atoms. The first-order chi connectivity index (χ1) is 11.0. The van der Waals surface area contributed by atoms with E-state index < -0.39 is 23.5 Å². The Morgan fingerprint density at radius 1 is 1.17 bits per heavy atom. The largest absolute Gasteiger partial charge is 0.444 e. The van der Waals surface area contributed by atoms with Crippen LogP contribution < -0.4 is 0 Å². The summed E-state index contributed by atoms with van der Waals surface area (Å²) in [7, 11) is 0. The van der Waals surface area contributed by atoms with Gasteiger partial charge >= 0.3 is 6.09 Å². The molecule has 2 saturated heterocycles. The molecule has 136 valence electrons. The topological polar surface area (TPSA) is 59.1 Å². The van der Waals surface area contributed by atoms with Crippen LogP contribution in [-0.4, -0.2) is 57.4 Å². The van der Waals surface area contributed by atoms with Gasteiger partial charge in [0.15, 0.2) is 0 Å². The van der Waals surface area contributed by atoms with Crippen molar-refractivity contribution in [3.63, 3.8) is 0 Å². The normalized spacial score (nSPS) is 30.8. The molecule has 1 aliphatic carbocycles. The lowest BCUT2D eigenvalue weighted by atomic mass is 9.67. The van der Waals surface area contributed by atoms with Crippen LogP contribution in [0, 0.1) is 0 Å². The Hall–Kier alpha value is -1.30. The molecule has 2 aliphatic heterocycles. The highest BCUT2D eigenvalue weighted by Crippen LogP contribution is 2.48. The summed E-state index contributed by atoms with van der Waals surface area (Å²) in [5, 5.41) is 0. The van der Waals surface area contributed by atoms with Crippen molar-refractivity contribution in [1.29, 1.82) is 0 Å². The molecule has 0 aromatic rings. The van der Waals surface area contributed by atoms with E-state index in [1.54, 1.807) is 0 Å². The maximum absolute atomic E-state index is 13.2. The molecule has 0 aromatic heterocycles. The predicted molar refractivity (Wildman–Crippen MR) is 89.4 cm³/mol. The molecule has 0 N–H and O–H groups in total. The van der Waals surface area contributed by atoms with E-state index in [-0.39, 0.29) is 17.6 Å². The molecular weight excluding hydrogens is 308 g/mol. The van der Waals surface area contributed by atoms with Crippen molar-refractivity contribution in [2.45, 2.75) is 96.2 Å². The Kier molecular flexibility index (Phi) is 3.90. The van der Waals surface area contributed by atoms with E-state index in [9.17, 15) is 9.59 Å². The van der Waals surface area contributed by atoms with Gasteiger partial charge in [-0.1, -0.05) is 0 Å². The number of carbonyl (C=O) groups is 2. The molecule has 6 heteroatoms. The first-order valence-electron chi connectivity index (χ1n) is 8.99. The zero-order chi connectivity index (χ0) is 17.9. The van der Waals surface area contributed by atoms with Crippen molar-refractivity contribution in [3.8, 4) is 0 Å². The fraction of sp³-hybridized carbons (Fsp3) is 0.889. The monoisotopic (exact) mass is 338 g/mol. The third-order valence-corrected chi connectivity index (χ3v) is 5.54. The Balaban J connectivity index is 1.83. The molecule has 0 unspecified atom stereocenters. The summed E-state index contributed by atoms with van der Waals surface area (Å²) < 4.78 is 11.5. The molecule has 0 radical (unpaired) electrons. The molecule has 2 amide bonds. The predicted octanol–water partition coefficient (Wildman–Crippen LogP) is 2.90. The summed E-state index contributed by atoms with van der Waals surface area (Å²) in [6.45, 7) is 11.8. The van der Waals surface area contributed by atoms with Crippen LogP contribution in [0.1, 0.15) is 67.2 Å². The third-order valence-electron chi connectivity index (χ3n) is 5.54. The van der Waals surface area contributed by atoms with Gasteiger partial charge in [0.25, 0.3) is 0 Å². The van der Waals surface area contributed by atoms with Crippen molar-refractivity contribution in [2.24, 2.45) is 0 Å². The van der Waals surface area contributed by atoms with Gasteiger partial charge in [-0.15, -0.1) is 0 Å². The summed E-state index contributed by atoms with van der Waals surface area (Å²) in [5.41, 5.74) is -1.42. The lowest BCUT2D eigenvalue weighted by molar-refractivity contribution is -0.161. The summed E-state index contributed by atoms with van der Waals surface area (Å²) >= 11 is 0. The minimum absolute atomic E-state index is 0.00452. The Bertz CT molecular complexity index is 542. The van der Waals surface area contributed by atoms with Crippen molar-refractivity contribution in [2.75, 3.05) is 6.54 Å². The highest BCUT2D eigenvalue weighted by Gasteiger charge is 2.58. The molecule has 3 fully saturated rings. The van der Waals surface area contributed by atoms with Crippen LogP contribution in [0.4, 0.5) is 4.79 Å². The summed E-state index contributed by atoms with van der Waals surface area (Å²) in [6.07, 6.45) is 3.59. The van der Waals surface area contributed by atoms with Crippen LogP contribution in [0.2, 0.25) is 0 Å². The lowest BCUT2D eigenvalue weighted by Gasteiger charge is -2.59. The number of hydrogen-bond acceptors (Lipinski definition) is 4. The van der Waals surface area contributed by atoms with E-state index in [0.717, 1.165) is 25.8 Å². The highest BCUT2D eigenvalue weighted by molar-refractivity contribution is 5.88. The first-order valence-corrected chi connectivity index (χ1v) is 8.99. The average Bonchev–Trinajstić information content (AvgIpc) is 2.52. The van der Waals surface area contributed by atoms with E-state index in [1.165, 1.54) is 11.3 Å². The van der Waals surface area contributed by atoms with Crippen LogP contribution in [0.15, 0.2) is 0 Å². The van der Waals surface area contributed by atoms with Crippen molar-refractivity contribution >= 4 is 12.0 Å². The van der Waals surface area contributed by atoms with E-state index in [4.69, 9.17) is 9.47 Å². The quantitative estimate of drug-likeness (QED) is 0.738. The summed E-state index contributed by atoms with van der Waals surface area (Å²) in [5.74, 6) is 0.00452. The Labute approximate surface area is 144 Å². The van der Waals surface area contributed by atoms with Gasteiger partial charge in [-0.25, -0.2) is 4.79 Å². The van der Waals surface area contributed by atoms with Gasteiger partial charge in [0.1, 0.15) is 17.4 Å². The number of nitrogens with zero attached hydrogens (tertiary/aromatic N) is 2. The standard InChI is InChI=1S/C18H30N2O4/c1-12-13(14(21)19-11-10-18(19)8-7-9-18)20(17(5,6)23-12)15(22)24-16(2,3)4/h12-13H,7-11H2,1-6H3/t12-,13-/m1/s1. The zero-order valence-corrected chi connectivity index (χ0v) is 15.7. The zero-order valence-electron chi connectivity index (χ0n) is 15.7. The molecule has 6 nitrogen and oxygen atoms in total. The van der Waals surface area contributed by atoms with Crippen molar-refractivity contribution < 1.29 is 19.1 Å². The van der Waals surface area contributed by atoms with Crippen LogP contribution in [0.3, 0.4) is 0 Å². The number of amides is 2. The molecule has 0 bridgehead atoms. The second-order valence-corrected chi connectivity index (χ2v) is 8.88. The Morgan fingerprint density at radius 2 is 1.79 bits per heavy atom. The van der Waals surface area contributed by atoms with Gasteiger partial charge in [-0.3, -0.25) is 9.69 Å². The molecule has 24 heavy (non-hydrogen) atoms. The minimum atomic E-state index is -0.861. The number of rotatable bonds is 1. The molecule has 3 rings (SSSR count). The number of likely N-dealkylation sites (tertiary alicyclic amines) is 1. The fourth-order valence-corrected chi connectivity index (χ4v) is 4.23.